The highest BCUT2D eigenvalue weighted by Gasteiger charge is 2.39. The molecule has 4 nitrogen and oxygen atoms in total. The van der Waals surface area contributed by atoms with Crippen LogP contribution >= 0.6 is 0 Å². The minimum absolute atomic E-state index is 0.114. The van der Waals surface area contributed by atoms with Crippen LogP contribution in [0.4, 0.5) is 13.2 Å². The largest absolute Gasteiger partial charge is 0.405 e. The highest BCUT2D eigenvalue weighted by Crippen LogP contribution is 2.24. The normalized spacial score (nSPS) is 13.0. The topological polar surface area (TPSA) is 56.1 Å². The molecular weight excluding hydrogens is 223 g/mol. The Hall–Kier alpha value is -1.29. The Morgan fingerprint density at radius 1 is 1.50 bits per heavy atom. The van der Waals surface area contributed by atoms with Gasteiger partial charge in [-0.1, -0.05) is 0 Å². The van der Waals surface area contributed by atoms with E-state index < -0.39 is 18.6 Å². The zero-order valence-corrected chi connectivity index (χ0v) is 9.14. The molecule has 92 valence electrons. The number of rotatable bonds is 5. The Labute approximate surface area is 92.0 Å². The van der Waals surface area contributed by atoms with E-state index in [9.17, 15) is 18.0 Å². The van der Waals surface area contributed by atoms with Crippen molar-refractivity contribution in [1.82, 2.24) is 10.2 Å². The van der Waals surface area contributed by atoms with Crippen LogP contribution < -0.4 is 5.32 Å². The number of hydrogen-bond donors (Lipinski definition) is 1. The Kier molecular flexibility index (Phi) is 5.82. The van der Waals surface area contributed by atoms with Crippen LogP contribution in [0.1, 0.15) is 6.42 Å². The predicted octanol–water partition coefficient (Wildman–Crippen LogP) is 0.756. The van der Waals surface area contributed by atoms with Gasteiger partial charge in [-0.3, -0.25) is 4.79 Å². The van der Waals surface area contributed by atoms with E-state index in [0.717, 1.165) is 0 Å². The van der Waals surface area contributed by atoms with Crippen LogP contribution in [-0.2, 0) is 4.79 Å². The lowest BCUT2D eigenvalue weighted by Crippen LogP contribution is -2.34. The van der Waals surface area contributed by atoms with Crippen LogP contribution in [0.25, 0.3) is 0 Å². The molecule has 0 bridgehead atoms. The van der Waals surface area contributed by atoms with Crippen molar-refractivity contribution < 1.29 is 18.0 Å². The molecule has 0 aliphatic carbocycles. The SMILES string of the molecule is CN(C)C(=O)CCNCC(C#N)C(F)(F)F. The summed E-state index contributed by atoms with van der Waals surface area (Å²) in [6.07, 6.45) is -4.41. The van der Waals surface area contributed by atoms with Gasteiger partial charge in [0.1, 0.15) is 0 Å². The van der Waals surface area contributed by atoms with Crippen molar-refractivity contribution >= 4 is 5.91 Å². The molecule has 1 amide bonds. The van der Waals surface area contributed by atoms with Gasteiger partial charge >= 0.3 is 6.18 Å². The number of carbonyl (C=O) groups excluding carboxylic acids is 1. The van der Waals surface area contributed by atoms with Gasteiger partial charge in [-0.25, -0.2) is 0 Å². The maximum atomic E-state index is 12.1. The summed E-state index contributed by atoms with van der Waals surface area (Å²) in [5, 5.41) is 10.7. The number of halogens is 3. The number of nitriles is 1. The first kappa shape index (κ1) is 14.7. The van der Waals surface area contributed by atoms with Crippen molar-refractivity contribution in [2.45, 2.75) is 12.6 Å². The van der Waals surface area contributed by atoms with Crippen molar-refractivity contribution in [1.29, 1.82) is 5.26 Å². The lowest BCUT2D eigenvalue weighted by molar-refractivity contribution is -0.157. The van der Waals surface area contributed by atoms with Crippen molar-refractivity contribution in [3.63, 3.8) is 0 Å². The average molecular weight is 237 g/mol. The quantitative estimate of drug-likeness (QED) is 0.718. The summed E-state index contributed by atoms with van der Waals surface area (Å²) in [7, 11) is 3.13. The Balaban J connectivity index is 3.83. The number of nitrogens with zero attached hydrogens (tertiary/aromatic N) is 2. The van der Waals surface area contributed by atoms with Gasteiger partial charge in [0.05, 0.1) is 6.07 Å². The number of hydrogen-bond acceptors (Lipinski definition) is 3. The molecule has 16 heavy (non-hydrogen) atoms. The second kappa shape index (κ2) is 6.33. The molecule has 0 radical (unpaired) electrons. The molecule has 0 aromatic rings. The van der Waals surface area contributed by atoms with Gasteiger partial charge in [-0.05, 0) is 0 Å². The second-order valence-corrected chi connectivity index (χ2v) is 3.47. The van der Waals surface area contributed by atoms with Gasteiger partial charge in [0.25, 0.3) is 0 Å². The van der Waals surface area contributed by atoms with E-state index in [-0.39, 0.29) is 18.9 Å². The molecule has 1 atom stereocenters. The monoisotopic (exact) mass is 237 g/mol. The minimum Gasteiger partial charge on any atom is -0.349 e. The summed E-state index contributed by atoms with van der Waals surface area (Å²) in [5.41, 5.74) is 0. The van der Waals surface area contributed by atoms with E-state index in [0.29, 0.717) is 0 Å². The molecular formula is C9H14F3N3O. The molecule has 0 spiro atoms. The molecule has 0 heterocycles. The molecule has 0 aromatic carbocycles. The number of carbonyl (C=O) groups is 1. The highest BCUT2D eigenvalue weighted by molar-refractivity contribution is 5.75. The second-order valence-electron chi connectivity index (χ2n) is 3.47. The van der Waals surface area contributed by atoms with Gasteiger partial charge in [-0.2, -0.15) is 18.4 Å². The van der Waals surface area contributed by atoms with Crippen molar-refractivity contribution in [3.05, 3.63) is 0 Å². The van der Waals surface area contributed by atoms with Gasteiger partial charge in [-0.15, -0.1) is 0 Å². The fraction of sp³-hybridized carbons (Fsp3) is 0.778. The third kappa shape index (κ3) is 5.56. The van der Waals surface area contributed by atoms with Crippen molar-refractivity contribution in [2.75, 3.05) is 27.2 Å². The first-order valence-corrected chi connectivity index (χ1v) is 4.66. The summed E-state index contributed by atoms with van der Waals surface area (Å²) in [5.74, 6) is -2.20. The fourth-order valence-electron chi connectivity index (χ4n) is 0.900. The summed E-state index contributed by atoms with van der Waals surface area (Å²) >= 11 is 0. The molecule has 0 fully saturated rings. The Morgan fingerprint density at radius 3 is 2.44 bits per heavy atom. The molecule has 0 saturated carbocycles. The maximum absolute atomic E-state index is 12.1. The van der Waals surface area contributed by atoms with E-state index in [1.54, 1.807) is 14.1 Å². The van der Waals surface area contributed by atoms with Crippen LogP contribution in [0.15, 0.2) is 0 Å². The Morgan fingerprint density at radius 2 is 2.06 bits per heavy atom. The smallest absolute Gasteiger partial charge is 0.349 e. The summed E-state index contributed by atoms with van der Waals surface area (Å²) in [6.45, 7) is -0.355. The molecule has 7 heteroatoms. The molecule has 0 saturated heterocycles. The van der Waals surface area contributed by atoms with E-state index in [2.05, 4.69) is 5.32 Å². The van der Waals surface area contributed by atoms with Crippen LogP contribution in [0, 0.1) is 17.2 Å². The number of amides is 1. The molecule has 1 unspecified atom stereocenters. The highest BCUT2D eigenvalue weighted by atomic mass is 19.4. The van der Waals surface area contributed by atoms with Gasteiger partial charge in [0, 0.05) is 33.6 Å². The number of alkyl halides is 3. The summed E-state index contributed by atoms with van der Waals surface area (Å²) in [4.78, 5) is 12.4. The zero-order valence-electron chi connectivity index (χ0n) is 9.14. The van der Waals surface area contributed by atoms with E-state index >= 15 is 0 Å². The molecule has 0 rings (SSSR count). The molecule has 0 aliphatic heterocycles. The van der Waals surface area contributed by atoms with Crippen LogP contribution in [0.3, 0.4) is 0 Å². The van der Waals surface area contributed by atoms with Gasteiger partial charge < -0.3 is 10.2 Å². The van der Waals surface area contributed by atoms with Crippen LogP contribution in [0.2, 0.25) is 0 Å². The lowest BCUT2D eigenvalue weighted by Gasteiger charge is -2.14. The third-order valence-corrected chi connectivity index (χ3v) is 1.91. The third-order valence-electron chi connectivity index (χ3n) is 1.91. The lowest BCUT2D eigenvalue weighted by atomic mass is 10.1. The molecule has 0 aliphatic rings. The zero-order chi connectivity index (χ0) is 12.8. The first-order chi connectivity index (χ1) is 7.29. The molecule has 1 N–H and O–H groups in total. The predicted molar refractivity (Wildman–Crippen MR) is 51.3 cm³/mol. The van der Waals surface area contributed by atoms with Crippen molar-refractivity contribution in [3.8, 4) is 6.07 Å². The van der Waals surface area contributed by atoms with Crippen LogP contribution in [-0.4, -0.2) is 44.2 Å². The average Bonchev–Trinajstić information content (AvgIpc) is 2.15. The fourth-order valence-corrected chi connectivity index (χ4v) is 0.900. The summed E-state index contributed by atoms with van der Waals surface area (Å²) < 4.78 is 36.3. The Bertz CT molecular complexity index is 270. The van der Waals surface area contributed by atoms with E-state index in [1.165, 1.54) is 11.0 Å². The van der Waals surface area contributed by atoms with Gasteiger partial charge in [0.15, 0.2) is 5.92 Å². The summed E-state index contributed by atoms with van der Waals surface area (Å²) in [6, 6.07) is 1.17. The number of nitrogens with one attached hydrogen (secondary N) is 1. The first-order valence-electron chi connectivity index (χ1n) is 4.66. The maximum Gasteiger partial charge on any atom is 0.405 e. The molecule has 0 aromatic heterocycles. The van der Waals surface area contributed by atoms with Crippen molar-refractivity contribution in [2.24, 2.45) is 5.92 Å². The standard InChI is InChI=1S/C9H14F3N3O/c1-15(2)8(16)3-4-14-6-7(5-13)9(10,11)12/h7,14H,3-4,6H2,1-2H3. The van der Waals surface area contributed by atoms with Crippen LogP contribution in [0.5, 0.6) is 0 Å². The van der Waals surface area contributed by atoms with E-state index in [4.69, 9.17) is 5.26 Å². The van der Waals surface area contributed by atoms with E-state index in [1.807, 2.05) is 0 Å². The van der Waals surface area contributed by atoms with Gasteiger partial charge in [0.2, 0.25) is 5.91 Å². The minimum atomic E-state index is -4.52.